The SMILES string of the molecule is CC/C=C\C(C)Cc1cc(C(C)(C)C)ccc1CC. The molecule has 0 radical (unpaired) electrons. The summed E-state index contributed by atoms with van der Waals surface area (Å²) in [6, 6.07) is 7.05. The van der Waals surface area contributed by atoms with E-state index >= 15 is 0 Å². The largest absolute Gasteiger partial charge is 0.0885 e. The summed E-state index contributed by atoms with van der Waals surface area (Å²) in [5, 5.41) is 0. The van der Waals surface area contributed by atoms with Crippen LogP contribution in [-0.4, -0.2) is 0 Å². The molecule has 0 aliphatic carbocycles. The van der Waals surface area contributed by atoms with Gasteiger partial charge in [-0.05, 0) is 47.3 Å². The van der Waals surface area contributed by atoms with Gasteiger partial charge in [0.15, 0.2) is 0 Å². The van der Waals surface area contributed by atoms with Crippen molar-refractivity contribution in [2.45, 2.75) is 66.2 Å². The number of aryl methyl sites for hydroxylation is 1. The van der Waals surface area contributed by atoms with Gasteiger partial charge in [0.05, 0.1) is 0 Å². The van der Waals surface area contributed by atoms with Crippen LogP contribution in [0.25, 0.3) is 0 Å². The highest BCUT2D eigenvalue weighted by molar-refractivity contribution is 5.36. The molecule has 0 nitrogen and oxygen atoms in total. The van der Waals surface area contributed by atoms with E-state index in [4.69, 9.17) is 0 Å². The minimum atomic E-state index is 0.240. The molecule has 0 heteroatoms. The third-order valence-corrected chi connectivity index (χ3v) is 3.70. The van der Waals surface area contributed by atoms with E-state index in [-0.39, 0.29) is 5.41 Å². The molecule has 0 N–H and O–H groups in total. The molecule has 0 aromatic heterocycles. The Bertz CT molecular complexity index is 418. The molecule has 0 spiro atoms. The van der Waals surface area contributed by atoms with Crippen LogP contribution in [0.3, 0.4) is 0 Å². The van der Waals surface area contributed by atoms with E-state index in [1.54, 1.807) is 0 Å². The van der Waals surface area contributed by atoms with Gasteiger partial charge >= 0.3 is 0 Å². The van der Waals surface area contributed by atoms with Crippen LogP contribution in [0.2, 0.25) is 0 Å². The summed E-state index contributed by atoms with van der Waals surface area (Å²) in [5.41, 5.74) is 4.73. The lowest BCUT2D eigenvalue weighted by atomic mass is 9.83. The summed E-state index contributed by atoms with van der Waals surface area (Å²) in [7, 11) is 0. The van der Waals surface area contributed by atoms with Crippen molar-refractivity contribution in [2.24, 2.45) is 5.92 Å². The Kier molecular flexibility index (Phi) is 5.85. The van der Waals surface area contributed by atoms with Gasteiger partial charge in [0, 0.05) is 0 Å². The number of benzene rings is 1. The van der Waals surface area contributed by atoms with Gasteiger partial charge in [0.2, 0.25) is 0 Å². The highest BCUT2D eigenvalue weighted by atomic mass is 14.2. The third kappa shape index (κ3) is 4.86. The first-order chi connectivity index (χ1) is 8.88. The predicted molar refractivity (Wildman–Crippen MR) is 86.8 cm³/mol. The minimum absolute atomic E-state index is 0.240. The lowest BCUT2D eigenvalue weighted by Crippen LogP contribution is -2.12. The Morgan fingerprint density at radius 2 is 1.79 bits per heavy atom. The normalized spacial score (nSPS) is 14.0. The van der Waals surface area contributed by atoms with Crippen molar-refractivity contribution in [2.75, 3.05) is 0 Å². The zero-order valence-electron chi connectivity index (χ0n) is 13.6. The van der Waals surface area contributed by atoms with Gasteiger partial charge in [0.25, 0.3) is 0 Å². The van der Waals surface area contributed by atoms with Crippen LogP contribution in [0.1, 0.15) is 64.7 Å². The Balaban J connectivity index is 2.99. The summed E-state index contributed by atoms with van der Waals surface area (Å²) in [4.78, 5) is 0. The summed E-state index contributed by atoms with van der Waals surface area (Å²) in [6.07, 6.45) is 8.05. The van der Waals surface area contributed by atoms with E-state index in [1.165, 1.54) is 16.7 Å². The smallest absolute Gasteiger partial charge is 0.0132 e. The molecule has 0 aliphatic heterocycles. The molecule has 0 bridgehead atoms. The van der Waals surface area contributed by atoms with Crippen molar-refractivity contribution in [3.05, 3.63) is 47.0 Å². The molecule has 0 amide bonds. The van der Waals surface area contributed by atoms with Gasteiger partial charge in [0.1, 0.15) is 0 Å². The predicted octanol–water partition coefficient (Wildman–Crippen LogP) is 5.69. The van der Waals surface area contributed by atoms with Crippen molar-refractivity contribution in [3.63, 3.8) is 0 Å². The zero-order chi connectivity index (χ0) is 14.5. The molecule has 106 valence electrons. The number of rotatable bonds is 5. The standard InChI is InChI=1S/C19H30/c1-7-9-10-15(3)13-17-14-18(19(4,5)6)12-11-16(17)8-2/h9-12,14-15H,7-8,13H2,1-6H3/b10-9-. The van der Waals surface area contributed by atoms with Crippen molar-refractivity contribution >= 4 is 0 Å². The summed E-state index contributed by atoms with van der Waals surface area (Å²) in [5.74, 6) is 0.625. The first-order valence-electron chi connectivity index (χ1n) is 7.67. The Morgan fingerprint density at radius 1 is 1.11 bits per heavy atom. The molecule has 0 fully saturated rings. The molecule has 1 unspecified atom stereocenters. The molecule has 0 saturated carbocycles. The van der Waals surface area contributed by atoms with Crippen LogP contribution in [0.4, 0.5) is 0 Å². The van der Waals surface area contributed by atoms with Crippen molar-refractivity contribution in [1.29, 1.82) is 0 Å². The Morgan fingerprint density at radius 3 is 2.32 bits per heavy atom. The molecule has 0 heterocycles. The highest BCUT2D eigenvalue weighted by Crippen LogP contribution is 2.26. The van der Waals surface area contributed by atoms with Crippen molar-refractivity contribution in [3.8, 4) is 0 Å². The molecular weight excluding hydrogens is 228 g/mol. The van der Waals surface area contributed by atoms with Crippen LogP contribution in [-0.2, 0) is 18.3 Å². The second kappa shape index (κ2) is 6.93. The van der Waals surface area contributed by atoms with Crippen molar-refractivity contribution in [1.82, 2.24) is 0 Å². The van der Waals surface area contributed by atoms with Gasteiger partial charge in [-0.1, -0.05) is 71.9 Å². The maximum Gasteiger partial charge on any atom is -0.0132 e. The monoisotopic (exact) mass is 258 g/mol. The van der Waals surface area contributed by atoms with Gasteiger partial charge in [-0.2, -0.15) is 0 Å². The number of hydrogen-bond donors (Lipinski definition) is 0. The fourth-order valence-corrected chi connectivity index (χ4v) is 2.41. The van der Waals surface area contributed by atoms with Gasteiger partial charge in [-0.3, -0.25) is 0 Å². The molecule has 1 aromatic carbocycles. The Labute approximate surface area is 119 Å². The minimum Gasteiger partial charge on any atom is -0.0885 e. The lowest BCUT2D eigenvalue weighted by molar-refractivity contribution is 0.587. The first kappa shape index (κ1) is 16.0. The molecule has 1 atom stereocenters. The maximum atomic E-state index is 2.43. The molecule has 1 aromatic rings. The fourth-order valence-electron chi connectivity index (χ4n) is 2.41. The van der Waals surface area contributed by atoms with Crippen LogP contribution in [0.15, 0.2) is 30.4 Å². The van der Waals surface area contributed by atoms with E-state index < -0.39 is 0 Å². The van der Waals surface area contributed by atoms with E-state index in [0.717, 1.165) is 19.3 Å². The van der Waals surface area contributed by atoms with Gasteiger partial charge in [-0.25, -0.2) is 0 Å². The van der Waals surface area contributed by atoms with E-state index in [1.807, 2.05) is 0 Å². The number of hydrogen-bond acceptors (Lipinski definition) is 0. The van der Waals surface area contributed by atoms with Gasteiger partial charge < -0.3 is 0 Å². The first-order valence-corrected chi connectivity index (χ1v) is 7.67. The highest BCUT2D eigenvalue weighted by Gasteiger charge is 2.15. The fraction of sp³-hybridized carbons (Fsp3) is 0.579. The van der Waals surface area contributed by atoms with E-state index in [9.17, 15) is 0 Å². The molecular formula is C19H30. The lowest BCUT2D eigenvalue weighted by Gasteiger charge is -2.22. The zero-order valence-corrected chi connectivity index (χ0v) is 13.6. The third-order valence-electron chi connectivity index (χ3n) is 3.70. The molecule has 1 rings (SSSR count). The van der Waals surface area contributed by atoms with E-state index in [0.29, 0.717) is 5.92 Å². The molecule has 0 saturated heterocycles. The topological polar surface area (TPSA) is 0 Å². The van der Waals surface area contributed by atoms with Crippen LogP contribution in [0, 0.1) is 5.92 Å². The van der Waals surface area contributed by atoms with Crippen LogP contribution in [0.5, 0.6) is 0 Å². The van der Waals surface area contributed by atoms with Crippen LogP contribution < -0.4 is 0 Å². The summed E-state index contributed by atoms with van der Waals surface area (Å²) >= 11 is 0. The quantitative estimate of drug-likeness (QED) is 0.595. The summed E-state index contributed by atoms with van der Waals surface area (Å²) in [6.45, 7) is 13.6. The number of allylic oxidation sites excluding steroid dienone is 2. The van der Waals surface area contributed by atoms with Crippen molar-refractivity contribution < 1.29 is 0 Å². The van der Waals surface area contributed by atoms with Crippen LogP contribution >= 0.6 is 0 Å². The average molecular weight is 258 g/mol. The molecule has 0 aliphatic rings. The van der Waals surface area contributed by atoms with Gasteiger partial charge in [-0.15, -0.1) is 0 Å². The second-order valence-electron chi connectivity index (χ2n) is 6.60. The molecule has 19 heavy (non-hydrogen) atoms. The Hall–Kier alpha value is -1.04. The second-order valence-corrected chi connectivity index (χ2v) is 6.60. The summed E-state index contributed by atoms with van der Waals surface area (Å²) < 4.78 is 0. The average Bonchev–Trinajstić information content (AvgIpc) is 2.35. The maximum absolute atomic E-state index is 2.43. The van der Waals surface area contributed by atoms with E-state index in [2.05, 4.69) is 71.9 Å².